The first-order valence-corrected chi connectivity index (χ1v) is 6.35. The van der Waals surface area contributed by atoms with Gasteiger partial charge in [-0.2, -0.15) is 0 Å². The fourth-order valence-corrected chi connectivity index (χ4v) is 1.80. The van der Waals surface area contributed by atoms with Crippen molar-refractivity contribution in [2.75, 3.05) is 20.3 Å². The number of carbonyl (C=O) groups is 2. The molecule has 112 valence electrons. The minimum atomic E-state index is -1.06. The van der Waals surface area contributed by atoms with Crippen LogP contribution < -0.4 is 0 Å². The van der Waals surface area contributed by atoms with E-state index in [9.17, 15) is 14.7 Å². The van der Waals surface area contributed by atoms with Crippen molar-refractivity contribution in [1.29, 1.82) is 0 Å². The number of nitrogens with zero attached hydrogens (tertiary/aromatic N) is 1. The fraction of sp³-hybridized carbons (Fsp3) is 0.846. The Morgan fingerprint density at radius 2 is 1.84 bits per heavy atom. The first kappa shape index (κ1) is 17.7. The fourth-order valence-electron chi connectivity index (χ4n) is 1.80. The molecule has 1 amide bonds. The Morgan fingerprint density at radius 1 is 1.32 bits per heavy atom. The largest absolute Gasteiger partial charge is 0.480 e. The van der Waals surface area contributed by atoms with Crippen molar-refractivity contribution in [3.05, 3.63) is 0 Å². The molecule has 0 heterocycles. The van der Waals surface area contributed by atoms with E-state index in [1.54, 1.807) is 34.6 Å². The number of carboxylic acid groups (broad SMARTS) is 1. The lowest BCUT2D eigenvalue weighted by molar-refractivity contribution is -0.145. The molecule has 0 aliphatic rings. The zero-order chi connectivity index (χ0) is 15.2. The predicted molar refractivity (Wildman–Crippen MR) is 71.1 cm³/mol. The zero-order valence-electron chi connectivity index (χ0n) is 12.6. The van der Waals surface area contributed by atoms with Gasteiger partial charge < -0.3 is 14.6 Å². The molecule has 0 spiro atoms. The smallest absolute Gasteiger partial charge is 0.411 e. The van der Waals surface area contributed by atoms with Gasteiger partial charge in [0.25, 0.3) is 0 Å². The summed E-state index contributed by atoms with van der Waals surface area (Å²) in [5.41, 5.74) is -0.655. The van der Waals surface area contributed by atoms with Crippen LogP contribution in [0.1, 0.15) is 34.6 Å². The summed E-state index contributed by atoms with van der Waals surface area (Å²) in [5, 5.41) is 9.31. The molecule has 6 nitrogen and oxygen atoms in total. The molecule has 0 fully saturated rings. The summed E-state index contributed by atoms with van der Waals surface area (Å²) in [4.78, 5) is 24.6. The van der Waals surface area contributed by atoms with Crippen LogP contribution in [-0.4, -0.2) is 54.0 Å². The van der Waals surface area contributed by atoms with Gasteiger partial charge >= 0.3 is 12.1 Å². The summed E-state index contributed by atoms with van der Waals surface area (Å²) < 4.78 is 10.2. The van der Waals surface area contributed by atoms with Crippen LogP contribution in [0.15, 0.2) is 0 Å². The van der Waals surface area contributed by atoms with Gasteiger partial charge in [0.15, 0.2) is 0 Å². The van der Waals surface area contributed by atoms with Crippen LogP contribution in [0.4, 0.5) is 4.79 Å². The van der Waals surface area contributed by atoms with Crippen LogP contribution in [0.2, 0.25) is 0 Å². The Kier molecular flexibility index (Phi) is 6.83. The number of likely N-dealkylation sites (N-methyl/N-ethyl adjacent to an activating group) is 1. The molecule has 0 aliphatic carbocycles. The number of hydrogen-bond donors (Lipinski definition) is 1. The molecule has 0 rings (SSSR count). The highest BCUT2D eigenvalue weighted by Gasteiger charge is 2.35. The molecular weight excluding hydrogens is 250 g/mol. The number of amides is 1. The van der Waals surface area contributed by atoms with Crippen LogP contribution in [0.3, 0.4) is 0 Å². The van der Waals surface area contributed by atoms with E-state index in [1.807, 2.05) is 0 Å². The maximum absolute atomic E-state index is 12.0. The van der Waals surface area contributed by atoms with Gasteiger partial charge in [-0.05, 0) is 27.7 Å². The zero-order valence-corrected chi connectivity index (χ0v) is 12.6. The molecule has 0 radical (unpaired) electrons. The number of hydrogen-bond acceptors (Lipinski definition) is 4. The SMILES string of the molecule is CCN(C(=O)OC(C)(C)C)C(C(=O)O)C(C)COC. The highest BCUT2D eigenvalue weighted by molar-refractivity contribution is 5.80. The van der Waals surface area contributed by atoms with Crippen molar-refractivity contribution >= 4 is 12.1 Å². The second-order valence-corrected chi connectivity index (χ2v) is 5.48. The molecule has 6 heteroatoms. The number of rotatable bonds is 6. The third kappa shape index (κ3) is 5.92. The standard InChI is InChI=1S/C13H25NO5/c1-7-14(12(17)19-13(3,4)5)10(11(15)16)9(2)8-18-6/h9-10H,7-8H2,1-6H3,(H,15,16). The molecule has 0 aromatic rings. The van der Waals surface area contributed by atoms with Crippen LogP contribution in [-0.2, 0) is 14.3 Å². The first-order chi connectivity index (χ1) is 8.64. The maximum atomic E-state index is 12.0. The Morgan fingerprint density at radius 3 is 2.16 bits per heavy atom. The minimum absolute atomic E-state index is 0.260. The summed E-state index contributed by atoms with van der Waals surface area (Å²) in [5.74, 6) is -1.38. The molecule has 0 saturated heterocycles. The van der Waals surface area contributed by atoms with Crippen molar-refractivity contribution in [1.82, 2.24) is 4.90 Å². The first-order valence-electron chi connectivity index (χ1n) is 6.35. The summed E-state index contributed by atoms with van der Waals surface area (Å²) in [6.07, 6.45) is -0.620. The lowest BCUT2D eigenvalue weighted by Crippen LogP contribution is -2.51. The lowest BCUT2D eigenvalue weighted by atomic mass is 10.0. The van der Waals surface area contributed by atoms with Gasteiger partial charge in [0.05, 0.1) is 6.61 Å². The number of carboxylic acids is 1. The minimum Gasteiger partial charge on any atom is -0.480 e. The number of methoxy groups -OCH3 is 1. The third-order valence-electron chi connectivity index (χ3n) is 2.53. The van der Waals surface area contributed by atoms with E-state index in [1.165, 1.54) is 12.0 Å². The van der Waals surface area contributed by atoms with Crippen molar-refractivity contribution in [3.63, 3.8) is 0 Å². The van der Waals surface area contributed by atoms with E-state index in [2.05, 4.69) is 0 Å². The summed E-state index contributed by atoms with van der Waals surface area (Å²) >= 11 is 0. The summed E-state index contributed by atoms with van der Waals surface area (Å²) in [6, 6.07) is -0.959. The maximum Gasteiger partial charge on any atom is 0.411 e. The number of aliphatic carboxylic acids is 1. The molecule has 1 N–H and O–H groups in total. The van der Waals surface area contributed by atoms with Crippen LogP contribution >= 0.6 is 0 Å². The van der Waals surface area contributed by atoms with Gasteiger partial charge in [-0.15, -0.1) is 0 Å². The Labute approximate surface area is 114 Å². The van der Waals surface area contributed by atoms with Crippen molar-refractivity contribution < 1.29 is 24.2 Å². The summed E-state index contributed by atoms with van der Waals surface area (Å²) in [6.45, 7) is 9.21. The summed E-state index contributed by atoms with van der Waals surface area (Å²) in [7, 11) is 1.50. The van der Waals surface area contributed by atoms with Crippen molar-refractivity contribution in [2.24, 2.45) is 5.92 Å². The molecule has 0 saturated carbocycles. The van der Waals surface area contributed by atoms with E-state index >= 15 is 0 Å². The van der Waals surface area contributed by atoms with E-state index in [0.717, 1.165) is 0 Å². The predicted octanol–water partition coefficient (Wildman–Crippen LogP) is 1.98. The molecule has 2 atom stereocenters. The Balaban J connectivity index is 5.04. The van der Waals surface area contributed by atoms with Crippen LogP contribution in [0, 0.1) is 5.92 Å². The molecular formula is C13H25NO5. The Hall–Kier alpha value is -1.30. The van der Waals surface area contributed by atoms with Gasteiger partial charge in [0.1, 0.15) is 11.6 Å². The molecule has 0 aromatic heterocycles. The van der Waals surface area contributed by atoms with E-state index in [0.29, 0.717) is 0 Å². The molecule has 0 aliphatic heterocycles. The topological polar surface area (TPSA) is 76.1 Å². The quantitative estimate of drug-likeness (QED) is 0.802. The average molecular weight is 275 g/mol. The molecule has 2 unspecified atom stereocenters. The number of ether oxygens (including phenoxy) is 2. The second-order valence-electron chi connectivity index (χ2n) is 5.48. The van der Waals surface area contributed by atoms with Gasteiger partial charge in [0, 0.05) is 19.6 Å². The van der Waals surface area contributed by atoms with Crippen LogP contribution in [0.25, 0.3) is 0 Å². The van der Waals surface area contributed by atoms with Crippen molar-refractivity contribution in [3.8, 4) is 0 Å². The van der Waals surface area contributed by atoms with Gasteiger partial charge in [-0.3, -0.25) is 4.90 Å². The van der Waals surface area contributed by atoms with E-state index in [4.69, 9.17) is 9.47 Å². The molecule has 0 aromatic carbocycles. The molecule has 19 heavy (non-hydrogen) atoms. The van der Waals surface area contributed by atoms with Gasteiger partial charge in [0.2, 0.25) is 0 Å². The molecule has 0 bridgehead atoms. The normalized spacial score (nSPS) is 14.6. The lowest BCUT2D eigenvalue weighted by Gasteiger charge is -2.33. The van der Waals surface area contributed by atoms with Crippen molar-refractivity contribution in [2.45, 2.75) is 46.3 Å². The van der Waals surface area contributed by atoms with E-state index in [-0.39, 0.29) is 19.1 Å². The number of carbonyl (C=O) groups excluding carboxylic acids is 1. The van der Waals surface area contributed by atoms with Gasteiger partial charge in [-0.25, -0.2) is 9.59 Å². The van der Waals surface area contributed by atoms with Gasteiger partial charge in [-0.1, -0.05) is 6.92 Å². The third-order valence-corrected chi connectivity index (χ3v) is 2.53. The van der Waals surface area contributed by atoms with E-state index < -0.39 is 23.7 Å². The average Bonchev–Trinajstić information content (AvgIpc) is 2.22. The second kappa shape index (κ2) is 7.33. The van der Waals surface area contributed by atoms with Crippen LogP contribution in [0.5, 0.6) is 0 Å². The Bertz CT molecular complexity index is 311. The highest BCUT2D eigenvalue weighted by Crippen LogP contribution is 2.17. The highest BCUT2D eigenvalue weighted by atomic mass is 16.6. The monoisotopic (exact) mass is 275 g/mol.